The third kappa shape index (κ3) is 7.54. The van der Waals surface area contributed by atoms with Gasteiger partial charge in [-0.15, -0.1) is 0 Å². The Labute approximate surface area is 85.7 Å². The van der Waals surface area contributed by atoms with Gasteiger partial charge in [-0.25, -0.2) is 0 Å². The fraction of sp³-hybridized carbons (Fsp3) is 0.800. The molecule has 0 amide bonds. The molecule has 0 saturated carbocycles. The maximum absolute atomic E-state index is 8.45. The van der Waals surface area contributed by atoms with E-state index < -0.39 is 0 Å². The second-order valence-corrected chi connectivity index (χ2v) is 3.00. The lowest BCUT2D eigenvalue weighted by Gasteiger charge is -2.19. The molecular formula is C10H17N3O. The first-order valence-corrected chi connectivity index (χ1v) is 4.80. The molecule has 78 valence electrons. The summed E-state index contributed by atoms with van der Waals surface area (Å²) >= 11 is 0. The van der Waals surface area contributed by atoms with Gasteiger partial charge in [0.15, 0.2) is 0 Å². The second kappa shape index (κ2) is 9.98. The second-order valence-electron chi connectivity index (χ2n) is 3.00. The molecule has 0 saturated heterocycles. The topological polar surface area (TPSA) is 60.0 Å². The first-order chi connectivity index (χ1) is 6.85. The Hall–Kier alpha value is -1.10. The smallest absolute Gasteiger partial charge is 0.0635 e. The molecule has 4 heteroatoms. The van der Waals surface area contributed by atoms with Gasteiger partial charge in [-0.3, -0.25) is 4.90 Å². The molecule has 0 spiro atoms. The molecule has 0 bridgehead atoms. The Balaban J connectivity index is 3.62. The van der Waals surface area contributed by atoms with Gasteiger partial charge in [-0.2, -0.15) is 10.5 Å². The van der Waals surface area contributed by atoms with Crippen molar-refractivity contribution in [1.29, 1.82) is 10.5 Å². The van der Waals surface area contributed by atoms with Crippen molar-refractivity contribution in [3.8, 4) is 12.1 Å². The van der Waals surface area contributed by atoms with Crippen molar-refractivity contribution in [2.45, 2.75) is 19.3 Å². The molecule has 0 aliphatic heterocycles. The van der Waals surface area contributed by atoms with E-state index in [9.17, 15) is 0 Å². The number of unbranched alkanes of at least 4 members (excludes halogenated alkanes) is 1. The van der Waals surface area contributed by atoms with Crippen LogP contribution in [0.5, 0.6) is 0 Å². The van der Waals surface area contributed by atoms with Crippen molar-refractivity contribution < 1.29 is 4.74 Å². The molecule has 0 atom stereocenters. The van der Waals surface area contributed by atoms with Crippen LogP contribution in [0.2, 0.25) is 0 Å². The van der Waals surface area contributed by atoms with Gasteiger partial charge >= 0.3 is 0 Å². The molecule has 0 aromatic heterocycles. The molecule has 0 aromatic rings. The van der Waals surface area contributed by atoms with Crippen LogP contribution in [-0.2, 0) is 4.74 Å². The summed E-state index contributed by atoms with van der Waals surface area (Å²) in [5, 5.41) is 16.8. The number of nitriles is 2. The van der Waals surface area contributed by atoms with E-state index in [1.165, 1.54) is 0 Å². The lowest BCUT2D eigenvalue weighted by atomic mass is 10.3. The van der Waals surface area contributed by atoms with Crippen molar-refractivity contribution in [2.24, 2.45) is 0 Å². The van der Waals surface area contributed by atoms with E-state index in [1.54, 1.807) is 7.11 Å². The van der Waals surface area contributed by atoms with Crippen LogP contribution in [0.4, 0.5) is 0 Å². The van der Waals surface area contributed by atoms with E-state index in [2.05, 4.69) is 17.0 Å². The molecular weight excluding hydrogens is 178 g/mol. The molecule has 0 unspecified atom stereocenters. The van der Waals surface area contributed by atoms with Gasteiger partial charge in [0.1, 0.15) is 0 Å². The Kier molecular flexibility index (Phi) is 9.20. The van der Waals surface area contributed by atoms with Crippen LogP contribution in [0, 0.1) is 22.7 Å². The highest BCUT2D eigenvalue weighted by molar-refractivity contribution is 4.74. The zero-order chi connectivity index (χ0) is 10.6. The molecule has 0 rings (SSSR count). The summed E-state index contributed by atoms with van der Waals surface area (Å²) in [5.74, 6) is 0. The molecule has 0 aliphatic carbocycles. The minimum absolute atomic E-state index is 0.538. The zero-order valence-electron chi connectivity index (χ0n) is 8.70. The summed E-state index contributed by atoms with van der Waals surface area (Å²) in [4.78, 5) is 2.16. The average Bonchev–Trinajstić information content (AvgIpc) is 2.21. The van der Waals surface area contributed by atoms with Crippen molar-refractivity contribution in [1.82, 2.24) is 4.90 Å². The van der Waals surface area contributed by atoms with Crippen molar-refractivity contribution >= 4 is 0 Å². The van der Waals surface area contributed by atoms with Crippen LogP contribution in [0.15, 0.2) is 0 Å². The summed E-state index contributed by atoms with van der Waals surface area (Å²) < 4.78 is 4.97. The third-order valence-electron chi connectivity index (χ3n) is 1.91. The largest absolute Gasteiger partial charge is 0.383 e. The van der Waals surface area contributed by atoms with E-state index in [4.69, 9.17) is 15.3 Å². The lowest BCUT2D eigenvalue weighted by molar-refractivity contribution is 0.148. The maximum atomic E-state index is 8.45. The van der Waals surface area contributed by atoms with Gasteiger partial charge in [-0.1, -0.05) is 0 Å². The van der Waals surface area contributed by atoms with Crippen molar-refractivity contribution in [2.75, 3.05) is 33.4 Å². The first-order valence-electron chi connectivity index (χ1n) is 4.80. The third-order valence-corrected chi connectivity index (χ3v) is 1.91. The minimum Gasteiger partial charge on any atom is -0.383 e. The minimum atomic E-state index is 0.538. The fourth-order valence-corrected chi connectivity index (χ4v) is 1.15. The zero-order valence-corrected chi connectivity index (χ0v) is 8.70. The molecule has 0 radical (unpaired) electrons. The van der Waals surface area contributed by atoms with Gasteiger partial charge < -0.3 is 4.74 Å². The molecule has 14 heavy (non-hydrogen) atoms. The van der Waals surface area contributed by atoms with Crippen LogP contribution in [0.1, 0.15) is 19.3 Å². The Morgan fingerprint density at radius 2 is 1.79 bits per heavy atom. The summed E-state index contributed by atoms with van der Waals surface area (Å²) in [6.45, 7) is 3.16. The summed E-state index contributed by atoms with van der Waals surface area (Å²) in [7, 11) is 1.66. The highest BCUT2D eigenvalue weighted by Crippen LogP contribution is 1.96. The van der Waals surface area contributed by atoms with Crippen molar-refractivity contribution in [3.63, 3.8) is 0 Å². The SMILES string of the molecule is COCCN(CCC#N)CCCC#N. The molecule has 0 aliphatic rings. The Bertz CT molecular complexity index is 204. The van der Waals surface area contributed by atoms with Gasteiger partial charge in [0.2, 0.25) is 0 Å². The predicted octanol–water partition coefficient (Wildman–Crippen LogP) is 1.15. The van der Waals surface area contributed by atoms with Crippen LogP contribution in [-0.4, -0.2) is 38.3 Å². The number of methoxy groups -OCH3 is 1. The number of ether oxygens (including phenoxy) is 1. The average molecular weight is 195 g/mol. The molecule has 0 N–H and O–H groups in total. The molecule has 0 heterocycles. The number of hydrogen-bond acceptors (Lipinski definition) is 4. The van der Waals surface area contributed by atoms with Gasteiger partial charge in [-0.05, 0) is 13.0 Å². The number of hydrogen-bond donors (Lipinski definition) is 0. The van der Waals surface area contributed by atoms with E-state index in [0.29, 0.717) is 19.4 Å². The molecule has 0 fully saturated rings. The normalized spacial score (nSPS) is 9.71. The highest BCUT2D eigenvalue weighted by atomic mass is 16.5. The van der Waals surface area contributed by atoms with E-state index in [0.717, 1.165) is 26.1 Å². The van der Waals surface area contributed by atoms with Gasteiger partial charge in [0.05, 0.1) is 18.7 Å². The molecule has 0 aromatic carbocycles. The number of nitrogens with zero attached hydrogens (tertiary/aromatic N) is 3. The maximum Gasteiger partial charge on any atom is 0.0635 e. The first kappa shape index (κ1) is 12.9. The Morgan fingerprint density at radius 1 is 1.07 bits per heavy atom. The van der Waals surface area contributed by atoms with Crippen LogP contribution in [0.25, 0.3) is 0 Å². The Morgan fingerprint density at radius 3 is 2.36 bits per heavy atom. The standard InChI is InChI=1S/C10H17N3O/c1-14-10-9-13(8-4-6-12)7-3-2-5-11/h2-4,7-10H2,1H3. The summed E-state index contributed by atoms with van der Waals surface area (Å²) in [6.07, 6.45) is 1.98. The van der Waals surface area contributed by atoms with E-state index >= 15 is 0 Å². The van der Waals surface area contributed by atoms with E-state index in [-0.39, 0.29) is 0 Å². The molecule has 4 nitrogen and oxygen atoms in total. The summed E-state index contributed by atoms with van der Waals surface area (Å²) in [6, 6.07) is 4.23. The predicted molar refractivity (Wildman–Crippen MR) is 53.4 cm³/mol. The highest BCUT2D eigenvalue weighted by Gasteiger charge is 2.03. The van der Waals surface area contributed by atoms with Crippen LogP contribution >= 0.6 is 0 Å². The van der Waals surface area contributed by atoms with Crippen LogP contribution < -0.4 is 0 Å². The fourth-order valence-electron chi connectivity index (χ4n) is 1.15. The van der Waals surface area contributed by atoms with Crippen LogP contribution in [0.3, 0.4) is 0 Å². The van der Waals surface area contributed by atoms with Gasteiger partial charge in [0.25, 0.3) is 0 Å². The lowest BCUT2D eigenvalue weighted by Crippen LogP contribution is -2.29. The summed E-state index contributed by atoms with van der Waals surface area (Å²) in [5.41, 5.74) is 0. The monoisotopic (exact) mass is 195 g/mol. The van der Waals surface area contributed by atoms with Gasteiger partial charge in [0, 0.05) is 33.0 Å². The van der Waals surface area contributed by atoms with Crippen molar-refractivity contribution in [3.05, 3.63) is 0 Å². The quantitative estimate of drug-likeness (QED) is 0.545. The number of rotatable bonds is 8. The van der Waals surface area contributed by atoms with E-state index in [1.807, 2.05) is 0 Å².